The summed E-state index contributed by atoms with van der Waals surface area (Å²) in [6.45, 7) is 3.70. The van der Waals surface area contributed by atoms with E-state index < -0.39 is 12.1 Å². The topological polar surface area (TPSA) is 130 Å². The number of carbonyl (C=O) groups is 2. The van der Waals surface area contributed by atoms with E-state index in [1.54, 1.807) is 6.20 Å². The third-order valence-electron chi connectivity index (χ3n) is 4.62. The molecule has 0 aromatic carbocycles. The molecule has 30 heavy (non-hydrogen) atoms. The van der Waals surface area contributed by atoms with E-state index in [-0.39, 0.29) is 5.91 Å². The SMILES string of the molecule is Cc1[nH]nc2c1CN(C(=O)c1cn3cc(CN)ccc3n1)CC2.O=C(O)C(F)(F)F. The molecule has 0 bridgehead atoms. The molecule has 0 aliphatic carbocycles. The number of aromatic nitrogens is 4. The number of nitrogens with two attached hydrogens (primary N) is 1. The molecule has 0 saturated carbocycles. The van der Waals surface area contributed by atoms with Gasteiger partial charge in [0.1, 0.15) is 11.3 Å². The van der Waals surface area contributed by atoms with Gasteiger partial charge in [0.05, 0.1) is 5.69 Å². The summed E-state index contributed by atoms with van der Waals surface area (Å²) in [7, 11) is 0. The average Bonchev–Trinajstić information content (AvgIpc) is 3.30. The summed E-state index contributed by atoms with van der Waals surface area (Å²) in [4.78, 5) is 27.9. The van der Waals surface area contributed by atoms with E-state index in [2.05, 4.69) is 15.2 Å². The first-order valence-corrected chi connectivity index (χ1v) is 8.90. The number of nitrogens with zero attached hydrogens (tertiary/aromatic N) is 4. The maximum Gasteiger partial charge on any atom is 0.490 e. The normalized spacial score (nSPS) is 13.6. The van der Waals surface area contributed by atoms with Gasteiger partial charge in [-0.25, -0.2) is 9.78 Å². The number of amides is 1. The third-order valence-corrected chi connectivity index (χ3v) is 4.62. The Labute approximate surface area is 168 Å². The van der Waals surface area contributed by atoms with Gasteiger partial charge in [0, 0.05) is 49.7 Å². The van der Waals surface area contributed by atoms with Crippen LogP contribution in [-0.2, 0) is 24.3 Å². The molecule has 1 aliphatic heterocycles. The van der Waals surface area contributed by atoms with E-state index in [4.69, 9.17) is 15.6 Å². The molecule has 0 saturated heterocycles. The van der Waals surface area contributed by atoms with Crippen LogP contribution in [0, 0.1) is 6.92 Å². The highest BCUT2D eigenvalue weighted by molar-refractivity contribution is 5.93. The fraction of sp³-hybridized carbons (Fsp3) is 0.333. The molecule has 1 amide bonds. The summed E-state index contributed by atoms with van der Waals surface area (Å²) < 4.78 is 33.6. The van der Waals surface area contributed by atoms with Gasteiger partial charge < -0.3 is 20.1 Å². The molecular weight excluding hydrogens is 405 g/mol. The zero-order valence-electron chi connectivity index (χ0n) is 15.9. The molecule has 3 aromatic heterocycles. The highest BCUT2D eigenvalue weighted by atomic mass is 19.4. The van der Waals surface area contributed by atoms with Crippen molar-refractivity contribution in [3.8, 4) is 0 Å². The van der Waals surface area contributed by atoms with Gasteiger partial charge in [-0.1, -0.05) is 6.07 Å². The summed E-state index contributed by atoms with van der Waals surface area (Å²) in [6, 6.07) is 3.81. The number of aliphatic carboxylic acids is 1. The van der Waals surface area contributed by atoms with Crippen LogP contribution in [0.5, 0.6) is 0 Å². The summed E-state index contributed by atoms with van der Waals surface area (Å²) in [5.74, 6) is -2.80. The molecule has 0 spiro atoms. The van der Waals surface area contributed by atoms with E-state index in [1.165, 1.54) is 0 Å². The first-order chi connectivity index (χ1) is 14.1. The van der Waals surface area contributed by atoms with E-state index in [0.717, 1.165) is 34.6 Å². The standard InChI is InChI=1S/C16H18N6O.C2HF3O2/c1-10-12-8-21(5-4-13(12)20-19-10)16(23)14-9-22-7-11(6-17)2-3-15(22)18-14;3-2(4,5)1(6)7/h2-3,7,9H,4-6,8,17H2,1H3,(H,19,20);(H,6,7). The van der Waals surface area contributed by atoms with Crippen LogP contribution in [-0.4, -0.2) is 54.2 Å². The Kier molecular flexibility index (Phi) is 5.78. The fourth-order valence-electron chi connectivity index (χ4n) is 3.03. The van der Waals surface area contributed by atoms with Gasteiger partial charge in [0.25, 0.3) is 5.91 Å². The Hall–Kier alpha value is -3.41. The minimum Gasteiger partial charge on any atom is -0.475 e. The fourth-order valence-corrected chi connectivity index (χ4v) is 3.03. The van der Waals surface area contributed by atoms with Crippen LogP contribution in [0.4, 0.5) is 13.2 Å². The van der Waals surface area contributed by atoms with Crippen molar-refractivity contribution < 1.29 is 27.9 Å². The third kappa shape index (κ3) is 4.43. The second-order valence-corrected chi connectivity index (χ2v) is 6.69. The number of carboxylic acids is 1. The molecule has 4 rings (SSSR count). The zero-order chi connectivity index (χ0) is 22.1. The second kappa shape index (κ2) is 8.14. The Morgan fingerprint density at radius 2 is 2.00 bits per heavy atom. The van der Waals surface area contributed by atoms with Crippen molar-refractivity contribution in [3.05, 3.63) is 52.7 Å². The van der Waals surface area contributed by atoms with Crippen molar-refractivity contribution in [2.24, 2.45) is 5.73 Å². The van der Waals surface area contributed by atoms with Crippen molar-refractivity contribution in [2.45, 2.75) is 32.6 Å². The number of H-pyrrole nitrogens is 1. The number of rotatable bonds is 2. The van der Waals surface area contributed by atoms with E-state index >= 15 is 0 Å². The number of aromatic amines is 1. The van der Waals surface area contributed by atoms with Gasteiger partial charge in [-0.2, -0.15) is 18.3 Å². The predicted octanol–water partition coefficient (Wildman–Crippen LogP) is 1.66. The number of nitrogens with one attached hydrogen (secondary N) is 1. The van der Waals surface area contributed by atoms with Crippen LogP contribution in [0.3, 0.4) is 0 Å². The van der Waals surface area contributed by atoms with Crippen molar-refractivity contribution in [2.75, 3.05) is 6.54 Å². The molecule has 9 nitrogen and oxygen atoms in total. The molecule has 0 atom stereocenters. The molecule has 1 aliphatic rings. The van der Waals surface area contributed by atoms with Gasteiger partial charge in [-0.3, -0.25) is 9.89 Å². The molecule has 0 radical (unpaired) electrons. The number of imidazole rings is 1. The maximum absolute atomic E-state index is 12.8. The Morgan fingerprint density at radius 1 is 1.30 bits per heavy atom. The number of aryl methyl sites for hydroxylation is 1. The second-order valence-electron chi connectivity index (χ2n) is 6.69. The molecule has 0 unspecified atom stereocenters. The number of alkyl halides is 3. The minimum absolute atomic E-state index is 0.0470. The molecular formula is C18H19F3N6O3. The van der Waals surface area contributed by atoms with Crippen molar-refractivity contribution in [1.29, 1.82) is 0 Å². The Bertz CT molecular complexity index is 1090. The lowest BCUT2D eigenvalue weighted by Crippen LogP contribution is -2.36. The van der Waals surface area contributed by atoms with Gasteiger partial charge in [0.15, 0.2) is 0 Å². The molecule has 4 N–H and O–H groups in total. The van der Waals surface area contributed by atoms with Crippen LogP contribution in [0.25, 0.3) is 5.65 Å². The van der Waals surface area contributed by atoms with Crippen LogP contribution in [0.1, 0.15) is 33.0 Å². The summed E-state index contributed by atoms with van der Waals surface area (Å²) in [5, 5.41) is 14.4. The summed E-state index contributed by atoms with van der Waals surface area (Å²) in [5.41, 5.74) is 11.1. The van der Waals surface area contributed by atoms with Crippen molar-refractivity contribution in [3.63, 3.8) is 0 Å². The Morgan fingerprint density at radius 3 is 2.63 bits per heavy atom. The number of carbonyl (C=O) groups excluding carboxylic acids is 1. The van der Waals surface area contributed by atoms with Crippen LogP contribution in [0.15, 0.2) is 24.5 Å². The number of pyridine rings is 1. The van der Waals surface area contributed by atoms with Gasteiger partial charge in [0.2, 0.25) is 0 Å². The molecule has 12 heteroatoms. The van der Waals surface area contributed by atoms with Crippen LogP contribution < -0.4 is 5.73 Å². The zero-order valence-corrected chi connectivity index (χ0v) is 15.9. The minimum atomic E-state index is -5.08. The first-order valence-electron chi connectivity index (χ1n) is 8.90. The largest absolute Gasteiger partial charge is 0.490 e. The number of hydrogen-bond acceptors (Lipinski definition) is 5. The lowest BCUT2D eigenvalue weighted by molar-refractivity contribution is -0.192. The highest BCUT2D eigenvalue weighted by Gasteiger charge is 2.38. The summed E-state index contributed by atoms with van der Waals surface area (Å²) in [6.07, 6.45) is -0.627. The van der Waals surface area contributed by atoms with Gasteiger partial charge >= 0.3 is 12.1 Å². The quantitative estimate of drug-likeness (QED) is 0.574. The number of hydrogen-bond donors (Lipinski definition) is 3. The first kappa shape index (κ1) is 21.3. The van der Waals surface area contributed by atoms with Crippen LogP contribution in [0.2, 0.25) is 0 Å². The number of fused-ring (bicyclic) bond motifs is 2. The Balaban J connectivity index is 0.000000318. The lowest BCUT2D eigenvalue weighted by Gasteiger charge is -2.26. The lowest BCUT2D eigenvalue weighted by atomic mass is 10.1. The summed E-state index contributed by atoms with van der Waals surface area (Å²) >= 11 is 0. The molecule has 4 heterocycles. The van der Waals surface area contributed by atoms with E-state index in [9.17, 15) is 18.0 Å². The van der Waals surface area contributed by atoms with Crippen molar-refractivity contribution in [1.82, 2.24) is 24.5 Å². The molecule has 3 aromatic rings. The highest BCUT2D eigenvalue weighted by Crippen LogP contribution is 2.21. The van der Waals surface area contributed by atoms with Crippen molar-refractivity contribution >= 4 is 17.5 Å². The van der Waals surface area contributed by atoms with Crippen LogP contribution >= 0.6 is 0 Å². The van der Waals surface area contributed by atoms with Gasteiger partial charge in [-0.15, -0.1) is 0 Å². The van der Waals surface area contributed by atoms with E-state index in [0.29, 0.717) is 25.3 Å². The van der Waals surface area contributed by atoms with Gasteiger partial charge in [-0.05, 0) is 18.6 Å². The number of carboxylic acid groups (broad SMARTS) is 1. The number of halogens is 3. The molecule has 0 fully saturated rings. The molecule has 160 valence electrons. The average molecular weight is 424 g/mol. The smallest absolute Gasteiger partial charge is 0.475 e. The monoisotopic (exact) mass is 424 g/mol. The predicted molar refractivity (Wildman–Crippen MR) is 98.5 cm³/mol. The maximum atomic E-state index is 12.8. The van der Waals surface area contributed by atoms with E-state index in [1.807, 2.05) is 34.6 Å².